The van der Waals surface area contributed by atoms with Crippen LogP contribution < -0.4 is 5.32 Å². The third kappa shape index (κ3) is 4.85. The van der Waals surface area contributed by atoms with E-state index in [1.807, 2.05) is 30.5 Å². The minimum Gasteiger partial charge on any atom is -0.352 e. The van der Waals surface area contributed by atoms with E-state index in [-0.39, 0.29) is 11.7 Å². The minimum atomic E-state index is -0.183. The van der Waals surface area contributed by atoms with Crippen LogP contribution in [0.25, 0.3) is 10.9 Å². The molecule has 4 nitrogen and oxygen atoms in total. The Labute approximate surface area is 181 Å². The molecule has 0 saturated carbocycles. The molecule has 1 fully saturated rings. The van der Waals surface area contributed by atoms with E-state index >= 15 is 0 Å². The molecule has 1 aromatic heterocycles. The summed E-state index contributed by atoms with van der Waals surface area (Å²) in [4.78, 5) is 13.7. The van der Waals surface area contributed by atoms with Crippen molar-refractivity contribution in [1.29, 1.82) is 0 Å². The molecule has 0 bridgehead atoms. The average molecular weight is 428 g/mol. The number of nitrogens with one attached hydrogen (secondary N) is 1. The van der Waals surface area contributed by atoms with Crippen LogP contribution in [0.2, 0.25) is 5.02 Å². The predicted molar refractivity (Wildman–Crippen MR) is 119 cm³/mol. The van der Waals surface area contributed by atoms with Crippen LogP contribution in [0.4, 0.5) is 4.39 Å². The van der Waals surface area contributed by atoms with Gasteiger partial charge in [0.15, 0.2) is 0 Å². The highest BCUT2D eigenvalue weighted by atomic mass is 35.5. The van der Waals surface area contributed by atoms with E-state index in [0.717, 1.165) is 60.4 Å². The van der Waals surface area contributed by atoms with Crippen LogP contribution in [-0.4, -0.2) is 35.0 Å². The lowest BCUT2D eigenvalue weighted by Gasteiger charge is -2.33. The molecule has 2 aromatic carbocycles. The van der Waals surface area contributed by atoms with E-state index in [9.17, 15) is 9.18 Å². The minimum absolute atomic E-state index is 0.0310. The van der Waals surface area contributed by atoms with Gasteiger partial charge in [-0.25, -0.2) is 4.39 Å². The lowest BCUT2D eigenvalue weighted by atomic mass is 10.0. The van der Waals surface area contributed by atoms with Gasteiger partial charge in [0, 0.05) is 50.7 Å². The van der Waals surface area contributed by atoms with Crippen molar-refractivity contribution >= 4 is 28.4 Å². The number of benzene rings is 2. The van der Waals surface area contributed by atoms with Gasteiger partial charge in [-0.2, -0.15) is 0 Å². The summed E-state index contributed by atoms with van der Waals surface area (Å²) in [7, 11) is 0. The van der Waals surface area contributed by atoms with Gasteiger partial charge in [-0.3, -0.25) is 4.79 Å². The van der Waals surface area contributed by atoms with E-state index in [1.165, 1.54) is 24.6 Å². The van der Waals surface area contributed by atoms with Crippen molar-refractivity contribution in [2.75, 3.05) is 19.6 Å². The molecule has 1 aliphatic heterocycles. The number of halogens is 2. The summed E-state index contributed by atoms with van der Waals surface area (Å²) in [6, 6.07) is 13.4. The first-order valence-electron chi connectivity index (χ1n) is 10.5. The maximum Gasteiger partial charge on any atom is 0.217 e. The van der Waals surface area contributed by atoms with Gasteiger partial charge in [-0.05, 0) is 48.6 Å². The zero-order chi connectivity index (χ0) is 21.1. The molecular weight excluding hydrogens is 401 g/mol. The van der Waals surface area contributed by atoms with Gasteiger partial charge in [0.05, 0.1) is 10.5 Å². The van der Waals surface area contributed by atoms with Crippen LogP contribution in [0.3, 0.4) is 0 Å². The Morgan fingerprint density at radius 3 is 2.53 bits per heavy atom. The lowest BCUT2D eigenvalue weighted by Crippen LogP contribution is -2.35. The number of carbonyl (C=O) groups is 1. The molecule has 1 aliphatic rings. The van der Waals surface area contributed by atoms with Gasteiger partial charge in [-0.15, -0.1) is 0 Å². The molecule has 3 aromatic rings. The Hall–Kier alpha value is -2.37. The summed E-state index contributed by atoms with van der Waals surface area (Å²) in [5, 5.41) is 4.69. The van der Waals surface area contributed by atoms with Crippen LogP contribution in [0, 0.1) is 5.82 Å². The molecule has 158 valence electrons. The second-order valence-corrected chi connectivity index (χ2v) is 8.50. The monoisotopic (exact) mass is 427 g/mol. The van der Waals surface area contributed by atoms with E-state index in [4.69, 9.17) is 11.6 Å². The van der Waals surface area contributed by atoms with Gasteiger partial charge >= 0.3 is 0 Å². The van der Waals surface area contributed by atoms with Crippen molar-refractivity contribution in [3.63, 3.8) is 0 Å². The number of hydrogen-bond acceptors (Lipinski definition) is 2. The third-order valence-corrected chi connectivity index (χ3v) is 6.27. The number of aromatic nitrogens is 1. The van der Waals surface area contributed by atoms with Crippen molar-refractivity contribution in [3.05, 3.63) is 70.6 Å². The number of piperidine rings is 1. The second kappa shape index (κ2) is 9.19. The smallest absolute Gasteiger partial charge is 0.217 e. The summed E-state index contributed by atoms with van der Waals surface area (Å²) < 4.78 is 15.4. The molecular formula is C24H27ClFN3O. The lowest BCUT2D eigenvalue weighted by molar-refractivity contribution is -0.119. The normalized spacial score (nSPS) is 15.6. The van der Waals surface area contributed by atoms with Gasteiger partial charge in [0.2, 0.25) is 5.91 Å². The Kier molecular flexibility index (Phi) is 6.40. The first-order valence-corrected chi connectivity index (χ1v) is 10.9. The maximum absolute atomic E-state index is 13.1. The summed E-state index contributed by atoms with van der Waals surface area (Å²) >= 11 is 6.51. The Bertz CT molecular complexity index is 1020. The maximum atomic E-state index is 13.1. The number of amides is 1. The summed E-state index contributed by atoms with van der Waals surface area (Å²) in [6.45, 7) is 5.12. The van der Waals surface area contributed by atoms with Crippen LogP contribution >= 0.6 is 11.6 Å². The number of hydrogen-bond donors (Lipinski definition) is 1. The molecule has 0 radical (unpaired) electrons. The summed E-state index contributed by atoms with van der Waals surface area (Å²) in [5.74, 6) is -0.214. The molecule has 0 unspecified atom stereocenters. The fraction of sp³-hybridized carbons (Fsp3) is 0.375. The van der Waals surface area contributed by atoms with Crippen LogP contribution in [0.15, 0.2) is 48.7 Å². The highest BCUT2D eigenvalue weighted by Gasteiger charge is 2.22. The zero-order valence-corrected chi connectivity index (χ0v) is 18.0. The number of likely N-dealkylation sites (tertiary alicyclic amines) is 1. The molecule has 0 aliphatic carbocycles. The fourth-order valence-electron chi connectivity index (χ4n) is 4.25. The topological polar surface area (TPSA) is 37.3 Å². The quantitative estimate of drug-likeness (QED) is 0.604. The molecule has 0 atom stereocenters. The standard InChI is InChI=1S/C24H27ClFN3O/c1-17(30)27-15-19-4-7-22-23(25)16-29(24(22)14-19)21-9-12-28(13-10-21)11-8-18-2-5-20(26)6-3-18/h2-7,14,16,21H,8-13,15H2,1H3,(H,27,30). The molecule has 1 N–H and O–H groups in total. The number of carbonyl (C=O) groups excluding carboxylic acids is 1. The largest absolute Gasteiger partial charge is 0.352 e. The van der Waals surface area contributed by atoms with Gasteiger partial charge in [0.25, 0.3) is 0 Å². The first kappa shape index (κ1) is 20.9. The first-order chi connectivity index (χ1) is 14.5. The third-order valence-electron chi connectivity index (χ3n) is 5.97. The van der Waals surface area contributed by atoms with Gasteiger partial charge < -0.3 is 14.8 Å². The Morgan fingerprint density at radius 2 is 1.83 bits per heavy atom. The van der Waals surface area contributed by atoms with E-state index in [0.29, 0.717) is 12.6 Å². The van der Waals surface area contributed by atoms with Crippen LogP contribution in [0.5, 0.6) is 0 Å². The van der Waals surface area contributed by atoms with Gasteiger partial charge in [-0.1, -0.05) is 35.9 Å². The molecule has 1 amide bonds. The van der Waals surface area contributed by atoms with Crippen LogP contribution in [-0.2, 0) is 17.8 Å². The molecule has 2 heterocycles. The fourth-order valence-corrected chi connectivity index (χ4v) is 4.52. The summed E-state index contributed by atoms with van der Waals surface area (Å²) in [6.07, 6.45) is 5.13. The molecule has 6 heteroatoms. The summed E-state index contributed by atoms with van der Waals surface area (Å²) in [5.41, 5.74) is 3.38. The van der Waals surface area contributed by atoms with Crippen molar-refractivity contribution in [1.82, 2.24) is 14.8 Å². The number of rotatable bonds is 6. The molecule has 4 rings (SSSR count). The molecule has 1 saturated heterocycles. The van der Waals surface area contributed by atoms with E-state index in [1.54, 1.807) is 0 Å². The van der Waals surface area contributed by atoms with E-state index < -0.39 is 0 Å². The Balaban J connectivity index is 1.40. The van der Waals surface area contributed by atoms with Crippen molar-refractivity contribution in [2.24, 2.45) is 0 Å². The predicted octanol–water partition coefficient (Wildman–Crippen LogP) is 4.95. The SMILES string of the molecule is CC(=O)NCc1ccc2c(Cl)cn(C3CCN(CCc4ccc(F)cc4)CC3)c2c1. The Morgan fingerprint density at radius 1 is 1.13 bits per heavy atom. The second-order valence-electron chi connectivity index (χ2n) is 8.09. The highest BCUT2D eigenvalue weighted by Crippen LogP contribution is 2.33. The van der Waals surface area contributed by atoms with E-state index in [2.05, 4.69) is 20.9 Å². The van der Waals surface area contributed by atoms with Crippen molar-refractivity contribution < 1.29 is 9.18 Å². The zero-order valence-electron chi connectivity index (χ0n) is 17.2. The molecule has 30 heavy (non-hydrogen) atoms. The number of fused-ring (bicyclic) bond motifs is 1. The van der Waals surface area contributed by atoms with Gasteiger partial charge in [0.1, 0.15) is 5.82 Å². The highest BCUT2D eigenvalue weighted by molar-refractivity contribution is 6.35. The van der Waals surface area contributed by atoms with Crippen LogP contribution in [0.1, 0.15) is 36.9 Å². The van der Waals surface area contributed by atoms with Crippen molar-refractivity contribution in [3.8, 4) is 0 Å². The molecule has 0 spiro atoms. The number of nitrogens with zero attached hydrogens (tertiary/aromatic N) is 2. The van der Waals surface area contributed by atoms with Crippen molar-refractivity contribution in [2.45, 2.75) is 38.8 Å². The average Bonchev–Trinajstić information content (AvgIpc) is 3.08.